The van der Waals surface area contributed by atoms with Gasteiger partial charge in [-0.15, -0.1) is 0 Å². The van der Waals surface area contributed by atoms with Crippen LogP contribution in [0.5, 0.6) is 0 Å². The van der Waals surface area contributed by atoms with Crippen LogP contribution in [-0.2, 0) is 9.59 Å². The molecule has 2 saturated carbocycles. The Labute approximate surface area is 199 Å². The van der Waals surface area contributed by atoms with E-state index in [4.69, 9.17) is 0 Å². The van der Waals surface area contributed by atoms with E-state index in [2.05, 4.69) is 25.2 Å². The Balaban J connectivity index is 1.60. The van der Waals surface area contributed by atoms with Gasteiger partial charge in [0.05, 0.1) is 0 Å². The summed E-state index contributed by atoms with van der Waals surface area (Å²) in [5.74, 6) is 1.74. The molecule has 1 saturated heterocycles. The summed E-state index contributed by atoms with van der Waals surface area (Å²) in [6, 6.07) is -0.429. The molecule has 0 spiro atoms. The normalized spacial score (nSPS) is 37.9. The molecule has 0 aromatic rings. The average Bonchev–Trinajstić information content (AvgIpc) is 3.07. The van der Waals surface area contributed by atoms with E-state index in [1.54, 1.807) is 0 Å². The summed E-state index contributed by atoms with van der Waals surface area (Å²) in [5, 5.41) is 2.93. The summed E-state index contributed by atoms with van der Waals surface area (Å²) in [6.07, 6.45) is 8.93. The summed E-state index contributed by atoms with van der Waals surface area (Å²) >= 11 is 0. The minimum atomic E-state index is -0.265. The van der Waals surface area contributed by atoms with E-state index in [0.29, 0.717) is 24.2 Å². The van der Waals surface area contributed by atoms with E-state index in [-0.39, 0.29) is 46.7 Å². The molecule has 0 aromatic carbocycles. The molecule has 4 rings (SSSR count). The van der Waals surface area contributed by atoms with Crippen molar-refractivity contribution in [1.29, 1.82) is 0 Å². The first-order chi connectivity index (χ1) is 15.4. The Morgan fingerprint density at radius 1 is 1.09 bits per heavy atom. The van der Waals surface area contributed by atoms with Crippen LogP contribution in [-0.4, -0.2) is 46.8 Å². The fourth-order valence-corrected chi connectivity index (χ4v) is 8.06. The van der Waals surface area contributed by atoms with E-state index in [0.717, 1.165) is 38.5 Å². The van der Waals surface area contributed by atoms with Crippen LogP contribution in [0.3, 0.4) is 0 Å². The highest BCUT2D eigenvalue weighted by atomic mass is 16.2. The number of urea groups is 1. The molecule has 4 unspecified atom stereocenters. The Hall–Kier alpha value is -1.85. The molecule has 4 aliphatic rings. The predicted octanol–water partition coefficient (Wildman–Crippen LogP) is 4.95. The number of hydrogen-bond acceptors (Lipinski definition) is 3. The number of nitrogens with one attached hydrogen (secondary N) is 1. The van der Waals surface area contributed by atoms with Crippen LogP contribution in [0.25, 0.3) is 0 Å². The number of fused-ring (bicyclic) bond motifs is 5. The fraction of sp³-hybridized carbons (Fsp3) is 0.815. The van der Waals surface area contributed by atoms with Gasteiger partial charge in [0.2, 0.25) is 11.8 Å². The lowest BCUT2D eigenvalue weighted by Gasteiger charge is -2.58. The number of piperidine rings is 1. The van der Waals surface area contributed by atoms with Crippen molar-refractivity contribution in [3.05, 3.63) is 11.8 Å². The summed E-state index contributed by atoms with van der Waals surface area (Å²) in [6.45, 7) is 12.4. The molecule has 6 nitrogen and oxygen atoms in total. The molecule has 1 heterocycles. The second-order valence-corrected chi connectivity index (χ2v) is 12.2. The van der Waals surface area contributed by atoms with Crippen molar-refractivity contribution < 1.29 is 14.4 Å². The summed E-state index contributed by atoms with van der Waals surface area (Å²) in [4.78, 5) is 42.4. The predicted molar refractivity (Wildman–Crippen MR) is 129 cm³/mol. The average molecular weight is 458 g/mol. The van der Waals surface area contributed by atoms with Crippen LogP contribution in [0.1, 0.15) is 86.5 Å². The highest BCUT2D eigenvalue weighted by molar-refractivity contribution is 5.96. The molecule has 1 N–H and O–H groups in total. The molecule has 0 aromatic heterocycles. The van der Waals surface area contributed by atoms with Crippen LogP contribution in [0.4, 0.5) is 4.79 Å². The smallest absolute Gasteiger partial charge is 0.324 e. The first-order valence-corrected chi connectivity index (χ1v) is 13.0. The minimum Gasteiger partial charge on any atom is -0.335 e. The zero-order valence-corrected chi connectivity index (χ0v) is 21.6. The largest absolute Gasteiger partial charge is 0.335 e. The van der Waals surface area contributed by atoms with Crippen LogP contribution in [0.15, 0.2) is 11.8 Å². The maximum Gasteiger partial charge on any atom is 0.324 e. The van der Waals surface area contributed by atoms with Gasteiger partial charge in [-0.3, -0.25) is 14.5 Å². The second kappa shape index (κ2) is 8.42. The number of carbonyl (C=O) groups is 3. The van der Waals surface area contributed by atoms with Gasteiger partial charge in [0.15, 0.2) is 0 Å². The van der Waals surface area contributed by atoms with Gasteiger partial charge in [-0.1, -0.05) is 19.9 Å². The lowest BCUT2D eigenvalue weighted by atomic mass is 9.49. The van der Waals surface area contributed by atoms with Gasteiger partial charge < -0.3 is 10.2 Å². The third-order valence-electron chi connectivity index (χ3n) is 9.70. The molecule has 0 radical (unpaired) electrons. The van der Waals surface area contributed by atoms with Crippen molar-refractivity contribution in [2.24, 2.45) is 34.5 Å². The number of nitrogens with zero attached hydrogens (tertiary/aromatic N) is 2. The third-order valence-corrected chi connectivity index (χ3v) is 9.70. The highest BCUT2D eigenvalue weighted by Crippen LogP contribution is 2.66. The van der Waals surface area contributed by atoms with Gasteiger partial charge in [-0.25, -0.2) is 4.79 Å². The van der Waals surface area contributed by atoms with Gasteiger partial charge in [0.1, 0.15) is 0 Å². The summed E-state index contributed by atoms with van der Waals surface area (Å²) < 4.78 is 0. The second-order valence-electron chi connectivity index (χ2n) is 12.2. The minimum absolute atomic E-state index is 0.00151. The van der Waals surface area contributed by atoms with Crippen molar-refractivity contribution >= 4 is 17.8 Å². The number of rotatable bonds is 3. The van der Waals surface area contributed by atoms with Gasteiger partial charge in [0, 0.05) is 42.6 Å². The van der Waals surface area contributed by atoms with Gasteiger partial charge in [-0.2, -0.15) is 0 Å². The highest BCUT2D eigenvalue weighted by Gasteiger charge is 2.61. The van der Waals surface area contributed by atoms with Crippen LogP contribution < -0.4 is 5.32 Å². The molecule has 184 valence electrons. The van der Waals surface area contributed by atoms with Gasteiger partial charge in [0.25, 0.3) is 0 Å². The molecule has 1 aliphatic heterocycles. The lowest BCUT2D eigenvalue weighted by molar-refractivity contribution is -0.143. The monoisotopic (exact) mass is 457 g/mol. The number of carbonyl (C=O) groups excluding carboxylic acids is 3. The summed E-state index contributed by atoms with van der Waals surface area (Å²) in [7, 11) is 1.94. The molecule has 4 amide bonds. The van der Waals surface area contributed by atoms with E-state index in [9.17, 15) is 14.4 Å². The number of imide groups is 1. The zero-order valence-electron chi connectivity index (χ0n) is 21.6. The van der Waals surface area contributed by atoms with E-state index < -0.39 is 0 Å². The maximum atomic E-state index is 13.8. The van der Waals surface area contributed by atoms with E-state index >= 15 is 0 Å². The Morgan fingerprint density at radius 3 is 2.42 bits per heavy atom. The molecule has 3 aliphatic carbocycles. The van der Waals surface area contributed by atoms with Crippen molar-refractivity contribution in [2.75, 3.05) is 7.05 Å². The van der Waals surface area contributed by atoms with E-state index in [1.807, 2.05) is 39.6 Å². The molecule has 0 bridgehead atoms. The maximum absolute atomic E-state index is 13.8. The van der Waals surface area contributed by atoms with Crippen molar-refractivity contribution in [1.82, 2.24) is 15.1 Å². The zero-order chi connectivity index (χ0) is 24.3. The summed E-state index contributed by atoms with van der Waals surface area (Å²) in [5.41, 5.74) is 1.21. The molecule has 6 atom stereocenters. The number of allylic oxidation sites excluding steroid dienone is 2. The van der Waals surface area contributed by atoms with Gasteiger partial charge >= 0.3 is 6.03 Å². The SMILES string of the molecule is CC(C)NC(=O)N(C(=O)C1CCC2C3CC=C4N(C)C(=O)CC[C@]4(C)C3CC[C@]12C)C(C)C. The number of likely N-dealkylation sites (tertiary alicyclic amines) is 1. The Bertz CT molecular complexity index is 865. The number of amides is 4. The first-order valence-electron chi connectivity index (χ1n) is 13.0. The third kappa shape index (κ3) is 3.72. The van der Waals surface area contributed by atoms with Gasteiger partial charge in [-0.05, 0) is 89.4 Å². The van der Waals surface area contributed by atoms with Crippen molar-refractivity contribution in [3.8, 4) is 0 Å². The Morgan fingerprint density at radius 2 is 1.79 bits per heavy atom. The lowest BCUT2D eigenvalue weighted by Crippen LogP contribution is -2.56. The van der Waals surface area contributed by atoms with E-state index in [1.165, 1.54) is 10.6 Å². The molecular weight excluding hydrogens is 414 g/mol. The van der Waals surface area contributed by atoms with Crippen LogP contribution in [0, 0.1) is 34.5 Å². The molecule has 6 heteroatoms. The standard InChI is InChI=1S/C27H43N3O3/c1-16(2)28-25(33)30(17(3)4)24(32)21-10-9-19-18-8-11-22-27(6,15-13-23(31)29(22)7)20(18)12-14-26(19,21)5/h11,16-21H,8-10,12-15H2,1-7H3,(H,28,33)/t18?,19?,20?,21?,26-,27+/m0/s1. The van der Waals surface area contributed by atoms with Crippen molar-refractivity contribution in [2.45, 2.75) is 98.6 Å². The Kier molecular flexibility index (Phi) is 6.20. The quantitative estimate of drug-likeness (QED) is 0.652. The van der Waals surface area contributed by atoms with Crippen molar-refractivity contribution in [3.63, 3.8) is 0 Å². The molecule has 33 heavy (non-hydrogen) atoms. The molecular formula is C27H43N3O3. The van der Waals surface area contributed by atoms with Crippen LogP contribution in [0.2, 0.25) is 0 Å². The first kappa shape index (κ1) is 24.3. The molecule has 3 fully saturated rings. The van der Waals surface area contributed by atoms with Crippen LogP contribution >= 0.6 is 0 Å². The fourth-order valence-electron chi connectivity index (χ4n) is 8.06. The number of hydrogen-bond donors (Lipinski definition) is 1. The topological polar surface area (TPSA) is 69.7 Å².